The zero-order valence-corrected chi connectivity index (χ0v) is 12.1. The quantitative estimate of drug-likeness (QED) is 0.940. The van der Waals surface area contributed by atoms with E-state index in [2.05, 4.69) is 20.3 Å². The van der Waals surface area contributed by atoms with Crippen LogP contribution >= 0.6 is 23.2 Å². The summed E-state index contributed by atoms with van der Waals surface area (Å²) in [6.07, 6.45) is 0. The monoisotopic (exact) mass is 297 g/mol. The highest BCUT2D eigenvalue weighted by Gasteiger charge is 2.09. The molecule has 0 aliphatic heterocycles. The van der Waals surface area contributed by atoms with Crippen LogP contribution in [0.2, 0.25) is 10.3 Å². The van der Waals surface area contributed by atoms with E-state index in [1.165, 1.54) is 0 Å². The zero-order chi connectivity index (χ0) is 13.8. The lowest BCUT2D eigenvalue weighted by atomic mass is 10.2. The largest absolute Gasteiger partial charge is 0.357 e. The molecule has 0 radical (unpaired) electrons. The van der Waals surface area contributed by atoms with E-state index in [0.29, 0.717) is 23.5 Å². The van der Waals surface area contributed by atoms with E-state index in [1.54, 1.807) is 7.05 Å². The van der Waals surface area contributed by atoms with Crippen molar-refractivity contribution in [2.24, 2.45) is 0 Å². The van der Waals surface area contributed by atoms with Crippen LogP contribution in [0.5, 0.6) is 0 Å². The minimum Gasteiger partial charge on any atom is -0.357 e. The molecule has 0 aliphatic rings. The van der Waals surface area contributed by atoms with Crippen molar-refractivity contribution in [3.63, 3.8) is 0 Å². The molecule has 2 rings (SSSR count). The number of hydrogen-bond acceptors (Lipinski definition) is 5. The second kappa shape index (κ2) is 6.04. The lowest BCUT2D eigenvalue weighted by Gasteiger charge is -2.17. The SMILES string of the molecule is CNc1nc(Cl)nc(N(C)Cc2cccc(Cl)c2)n1. The molecule has 0 saturated carbocycles. The number of halogens is 2. The van der Waals surface area contributed by atoms with Crippen LogP contribution in [0, 0.1) is 0 Å². The summed E-state index contributed by atoms with van der Waals surface area (Å²) < 4.78 is 0. The van der Waals surface area contributed by atoms with Gasteiger partial charge in [0.05, 0.1) is 0 Å². The van der Waals surface area contributed by atoms with Gasteiger partial charge in [-0.1, -0.05) is 23.7 Å². The zero-order valence-electron chi connectivity index (χ0n) is 10.6. The van der Waals surface area contributed by atoms with E-state index < -0.39 is 0 Å². The molecule has 0 bridgehead atoms. The van der Waals surface area contributed by atoms with Crippen LogP contribution in [0.15, 0.2) is 24.3 Å². The van der Waals surface area contributed by atoms with Crippen molar-refractivity contribution in [1.82, 2.24) is 15.0 Å². The molecule has 0 unspecified atom stereocenters. The third-order valence-electron chi connectivity index (χ3n) is 2.47. The van der Waals surface area contributed by atoms with Crippen LogP contribution in [0.25, 0.3) is 0 Å². The molecule has 1 N–H and O–H groups in total. The van der Waals surface area contributed by atoms with Crippen LogP contribution in [0.4, 0.5) is 11.9 Å². The first-order valence-corrected chi connectivity index (χ1v) is 6.39. The molecule has 2 aromatic rings. The Balaban J connectivity index is 2.20. The van der Waals surface area contributed by atoms with Gasteiger partial charge >= 0.3 is 0 Å². The van der Waals surface area contributed by atoms with Gasteiger partial charge in [-0.05, 0) is 29.3 Å². The highest BCUT2D eigenvalue weighted by Crippen LogP contribution is 2.16. The smallest absolute Gasteiger partial charge is 0.231 e. The first-order valence-electron chi connectivity index (χ1n) is 5.63. The number of benzene rings is 1. The van der Waals surface area contributed by atoms with Gasteiger partial charge in [-0.3, -0.25) is 0 Å². The summed E-state index contributed by atoms with van der Waals surface area (Å²) in [7, 11) is 3.61. The molecule has 1 aromatic carbocycles. The van der Waals surface area contributed by atoms with Crippen LogP contribution in [0.3, 0.4) is 0 Å². The summed E-state index contributed by atoms with van der Waals surface area (Å²) in [4.78, 5) is 14.2. The predicted molar refractivity (Wildman–Crippen MR) is 77.9 cm³/mol. The molecule has 1 heterocycles. The molecule has 0 saturated heterocycles. The van der Waals surface area contributed by atoms with E-state index in [9.17, 15) is 0 Å². The van der Waals surface area contributed by atoms with Crippen molar-refractivity contribution in [2.75, 3.05) is 24.3 Å². The molecule has 1 aromatic heterocycles. The van der Waals surface area contributed by atoms with Crippen LogP contribution in [0.1, 0.15) is 5.56 Å². The summed E-state index contributed by atoms with van der Waals surface area (Å²) in [5.74, 6) is 0.942. The number of aromatic nitrogens is 3. The van der Waals surface area contributed by atoms with Crippen LogP contribution in [-0.4, -0.2) is 29.0 Å². The molecule has 0 atom stereocenters. The Morgan fingerprint density at radius 3 is 2.68 bits per heavy atom. The minimum atomic E-state index is 0.160. The van der Waals surface area contributed by atoms with E-state index in [1.807, 2.05) is 36.2 Å². The van der Waals surface area contributed by atoms with Crippen LogP contribution < -0.4 is 10.2 Å². The summed E-state index contributed by atoms with van der Waals surface area (Å²) >= 11 is 11.8. The summed E-state index contributed by atoms with van der Waals surface area (Å²) in [5, 5.41) is 3.71. The molecule has 0 fully saturated rings. The molecule has 0 spiro atoms. The molecule has 100 valence electrons. The summed E-state index contributed by atoms with van der Waals surface area (Å²) in [6, 6.07) is 7.64. The molecular formula is C12H13Cl2N5. The highest BCUT2D eigenvalue weighted by molar-refractivity contribution is 6.30. The fourth-order valence-corrected chi connectivity index (χ4v) is 1.97. The molecular weight excluding hydrogens is 285 g/mol. The average molecular weight is 298 g/mol. The average Bonchev–Trinajstić information content (AvgIpc) is 2.38. The van der Waals surface area contributed by atoms with Crippen molar-refractivity contribution in [1.29, 1.82) is 0 Å². The lowest BCUT2D eigenvalue weighted by molar-refractivity contribution is 0.854. The Morgan fingerprint density at radius 1 is 1.21 bits per heavy atom. The van der Waals surface area contributed by atoms with E-state index in [-0.39, 0.29) is 5.28 Å². The number of nitrogens with one attached hydrogen (secondary N) is 1. The minimum absolute atomic E-state index is 0.160. The first-order chi connectivity index (χ1) is 9.08. The normalized spacial score (nSPS) is 10.3. The molecule has 5 nitrogen and oxygen atoms in total. The van der Waals surface area contributed by atoms with Gasteiger partial charge < -0.3 is 10.2 Å². The van der Waals surface area contributed by atoms with Gasteiger partial charge in [0.25, 0.3) is 0 Å². The Bertz CT molecular complexity index is 576. The Labute approximate surface area is 121 Å². The lowest BCUT2D eigenvalue weighted by Crippen LogP contribution is -2.20. The second-order valence-corrected chi connectivity index (χ2v) is 4.74. The highest BCUT2D eigenvalue weighted by atomic mass is 35.5. The molecule has 0 amide bonds. The Kier molecular flexibility index (Phi) is 4.39. The number of hydrogen-bond donors (Lipinski definition) is 1. The second-order valence-electron chi connectivity index (χ2n) is 3.96. The number of nitrogens with zero attached hydrogens (tertiary/aromatic N) is 4. The van der Waals surface area contributed by atoms with Crippen molar-refractivity contribution in [2.45, 2.75) is 6.54 Å². The van der Waals surface area contributed by atoms with Gasteiger partial charge in [-0.2, -0.15) is 15.0 Å². The Morgan fingerprint density at radius 2 is 2.00 bits per heavy atom. The van der Waals surface area contributed by atoms with Crippen molar-refractivity contribution in [3.8, 4) is 0 Å². The fraction of sp³-hybridized carbons (Fsp3) is 0.250. The van der Waals surface area contributed by atoms with Gasteiger partial charge in [0, 0.05) is 25.7 Å². The van der Waals surface area contributed by atoms with Crippen molar-refractivity contribution in [3.05, 3.63) is 40.1 Å². The molecule has 0 aliphatic carbocycles. The third kappa shape index (κ3) is 3.68. The van der Waals surface area contributed by atoms with E-state index in [4.69, 9.17) is 23.2 Å². The van der Waals surface area contributed by atoms with Gasteiger partial charge in [0.1, 0.15) is 0 Å². The van der Waals surface area contributed by atoms with Crippen molar-refractivity contribution < 1.29 is 0 Å². The van der Waals surface area contributed by atoms with E-state index in [0.717, 1.165) is 5.56 Å². The standard InChI is InChI=1S/C12H13Cl2N5/c1-15-11-16-10(14)17-12(18-11)19(2)7-8-4-3-5-9(13)6-8/h3-6H,7H2,1-2H3,(H,15,16,17,18). The summed E-state index contributed by atoms with van der Waals surface area (Å²) in [6.45, 7) is 0.629. The maximum absolute atomic E-state index is 5.96. The number of anilines is 2. The topological polar surface area (TPSA) is 53.9 Å². The van der Waals surface area contributed by atoms with Gasteiger partial charge in [-0.25, -0.2) is 0 Å². The first kappa shape index (κ1) is 13.8. The van der Waals surface area contributed by atoms with E-state index >= 15 is 0 Å². The number of rotatable bonds is 4. The van der Waals surface area contributed by atoms with Crippen LogP contribution in [-0.2, 0) is 6.54 Å². The van der Waals surface area contributed by atoms with Crippen molar-refractivity contribution >= 4 is 35.1 Å². The maximum atomic E-state index is 5.96. The van der Waals surface area contributed by atoms with Gasteiger partial charge in [0.2, 0.25) is 17.2 Å². The Hall–Kier alpha value is -1.59. The van der Waals surface area contributed by atoms with Gasteiger partial charge in [-0.15, -0.1) is 0 Å². The molecule has 7 heteroatoms. The fourth-order valence-electron chi connectivity index (χ4n) is 1.60. The third-order valence-corrected chi connectivity index (χ3v) is 2.87. The maximum Gasteiger partial charge on any atom is 0.231 e. The predicted octanol–water partition coefficient (Wildman–Crippen LogP) is 2.86. The van der Waals surface area contributed by atoms with Gasteiger partial charge in [0.15, 0.2) is 0 Å². The summed E-state index contributed by atoms with van der Waals surface area (Å²) in [5.41, 5.74) is 1.07. The molecule has 19 heavy (non-hydrogen) atoms.